The molecule has 0 spiro atoms. The van der Waals surface area contributed by atoms with Crippen LogP contribution in [0.5, 0.6) is 0 Å². The van der Waals surface area contributed by atoms with Crippen molar-refractivity contribution in [3.63, 3.8) is 0 Å². The molecule has 0 saturated heterocycles. The largest absolute Gasteiger partial charge is 0.469 e. The number of hydrogen-bond acceptors (Lipinski definition) is 5. The zero-order valence-corrected chi connectivity index (χ0v) is 12.7. The minimum atomic E-state index is -2.94. The Bertz CT molecular complexity index is 540. The summed E-state index contributed by atoms with van der Waals surface area (Å²) >= 11 is 0. The Kier molecular flexibility index (Phi) is 6.67. The molecule has 0 aromatic heterocycles. The van der Waals surface area contributed by atoms with Crippen molar-refractivity contribution in [3.05, 3.63) is 35.4 Å². The van der Waals surface area contributed by atoms with Gasteiger partial charge in [0.25, 0.3) is 0 Å². The molecule has 0 amide bonds. The molecule has 0 fully saturated rings. The van der Waals surface area contributed by atoms with Gasteiger partial charge >= 0.3 is 5.97 Å². The fourth-order valence-electron chi connectivity index (χ4n) is 1.73. The molecule has 5 nitrogen and oxygen atoms in total. The Balaban J connectivity index is 2.53. The number of sulfone groups is 1. The predicted octanol–water partition coefficient (Wildman–Crippen LogP) is 0.926. The fraction of sp³-hybridized carbons (Fsp3) is 0.500. The lowest BCUT2D eigenvalue weighted by Crippen LogP contribution is -2.24. The van der Waals surface area contributed by atoms with Crippen molar-refractivity contribution in [1.29, 1.82) is 0 Å². The average Bonchev–Trinajstić information content (AvgIpc) is 2.45. The van der Waals surface area contributed by atoms with Gasteiger partial charge in [0.15, 0.2) is 9.84 Å². The number of rotatable bonds is 8. The minimum Gasteiger partial charge on any atom is -0.469 e. The van der Waals surface area contributed by atoms with E-state index in [2.05, 4.69) is 10.1 Å². The van der Waals surface area contributed by atoms with Crippen LogP contribution < -0.4 is 5.32 Å². The molecule has 0 aliphatic rings. The van der Waals surface area contributed by atoms with Gasteiger partial charge in [0.1, 0.15) is 0 Å². The van der Waals surface area contributed by atoms with Crippen LogP contribution in [0.25, 0.3) is 0 Å². The van der Waals surface area contributed by atoms with Gasteiger partial charge in [-0.1, -0.05) is 31.2 Å². The lowest BCUT2D eigenvalue weighted by Gasteiger charge is -2.10. The van der Waals surface area contributed by atoms with Crippen LogP contribution >= 0.6 is 0 Å². The highest BCUT2D eigenvalue weighted by atomic mass is 32.2. The highest BCUT2D eigenvalue weighted by molar-refractivity contribution is 7.91. The first-order chi connectivity index (χ1) is 9.48. The molecule has 1 N–H and O–H groups in total. The number of carbonyl (C=O) groups excluding carboxylic acids is 1. The summed E-state index contributed by atoms with van der Waals surface area (Å²) in [5.41, 5.74) is 1.87. The van der Waals surface area contributed by atoms with E-state index in [4.69, 9.17) is 0 Å². The Hall–Kier alpha value is -1.40. The van der Waals surface area contributed by atoms with E-state index >= 15 is 0 Å². The average molecular weight is 299 g/mol. The van der Waals surface area contributed by atoms with Crippen LogP contribution in [0.15, 0.2) is 24.3 Å². The van der Waals surface area contributed by atoms with Crippen molar-refractivity contribution in [3.8, 4) is 0 Å². The van der Waals surface area contributed by atoms with Crippen molar-refractivity contribution in [1.82, 2.24) is 5.32 Å². The van der Waals surface area contributed by atoms with Crippen molar-refractivity contribution in [2.45, 2.75) is 19.9 Å². The summed E-state index contributed by atoms with van der Waals surface area (Å²) in [5, 5.41) is 3.09. The first-order valence-corrected chi connectivity index (χ1v) is 8.35. The number of esters is 1. The van der Waals surface area contributed by atoms with Crippen LogP contribution in [0.1, 0.15) is 18.1 Å². The van der Waals surface area contributed by atoms with E-state index in [0.29, 0.717) is 13.1 Å². The standard InChI is InChI=1S/C14H21NO4S/c1-3-20(17,18)9-8-15-11-13-7-5-4-6-12(13)10-14(16)19-2/h4-7,15H,3,8-11H2,1-2H3. The first-order valence-electron chi connectivity index (χ1n) is 6.53. The monoisotopic (exact) mass is 299 g/mol. The number of nitrogens with one attached hydrogen (secondary N) is 1. The minimum absolute atomic E-state index is 0.128. The molecule has 0 aliphatic carbocycles. The van der Waals surface area contributed by atoms with Crippen molar-refractivity contribution >= 4 is 15.8 Å². The van der Waals surface area contributed by atoms with E-state index in [1.165, 1.54) is 7.11 Å². The van der Waals surface area contributed by atoms with Gasteiger partial charge in [-0.2, -0.15) is 0 Å². The molecule has 0 atom stereocenters. The summed E-state index contributed by atoms with van der Waals surface area (Å²) < 4.78 is 27.4. The molecule has 20 heavy (non-hydrogen) atoms. The number of carbonyl (C=O) groups is 1. The zero-order chi connectivity index (χ0) is 15.0. The lowest BCUT2D eigenvalue weighted by molar-refractivity contribution is -0.139. The molecule has 1 aromatic carbocycles. The van der Waals surface area contributed by atoms with Gasteiger partial charge < -0.3 is 10.1 Å². The smallest absolute Gasteiger partial charge is 0.309 e. The van der Waals surface area contributed by atoms with Crippen LogP contribution in [-0.2, 0) is 32.3 Å². The quantitative estimate of drug-likeness (QED) is 0.571. The van der Waals surface area contributed by atoms with Gasteiger partial charge in [0.05, 0.1) is 19.3 Å². The SMILES string of the molecule is CCS(=O)(=O)CCNCc1ccccc1CC(=O)OC. The zero-order valence-electron chi connectivity index (χ0n) is 11.9. The maximum Gasteiger partial charge on any atom is 0.309 e. The molecule has 0 unspecified atom stereocenters. The molecule has 112 valence electrons. The van der Waals surface area contributed by atoms with E-state index < -0.39 is 9.84 Å². The number of ether oxygens (including phenoxy) is 1. The second kappa shape index (κ2) is 8.01. The molecule has 1 rings (SSSR count). The van der Waals surface area contributed by atoms with E-state index in [0.717, 1.165) is 11.1 Å². The summed E-state index contributed by atoms with van der Waals surface area (Å²) in [6, 6.07) is 7.54. The Morgan fingerprint density at radius 2 is 1.90 bits per heavy atom. The molecular formula is C14H21NO4S. The Morgan fingerprint density at radius 3 is 2.50 bits per heavy atom. The van der Waals surface area contributed by atoms with E-state index in [-0.39, 0.29) is 23.9 Å². The van der Waals surface area contributed by atoms with Crippen LogP contribution in [0.2, 0.25) is 0 Å². The fourth-order valence-corrected chi connectivity index (χ4v) is 2.47. The highest BCUT2D eigenvalue weighted by Gasteiger charge is 2.09. The molecular weight excluding hydrogens is 278 g/mol. The van der Waals surface area contributed by atoms with E-state index in [1.54, 1.807) is 6.92 Å². The highest BCUT2D eigenvalue weighted by Crippen LogP contribution is 2.10. The topological polar surface area (TPSA) is 72.5 Å². The maximum atomic E-state index is 11.4. The molecule has 0 radical (unpaired) electrons. The van der Waals surface area contributed by atoms with Crippen molar-refractivity contribution < 1.29 is 17.9 Å². The van der Waals surface area contributed by atoms with E-state index in [9.17, 15) is 13.2 Å². The third-order valence-electron chi connectivity index (χ3n) is 3.03. The Labute approximate surface area is 120 Å². The van der Waals surface area contributed by atoms with Gasteiger partial charge in [0, 0.05) is 18.8 Å². The van der Waals surface area contributed by atoms with Crippen LogP contribution in [0.3, 0.4) is 0 Å². The molecule has 0 heterocycles. The second-order valence-corrected chi connectivity index (χ2v) is 6.91. The molecule has 1 aromatic rings. The molecule has 6 heteroatoms. The molecule has 0 saturated carbocycles. The summed E-state index contributed by atoms with van der Waals surface area (Å²) in [6.07, 6.45) is 0.224. The predicted molar refractivity (Wildman–Crippen MR) is 78.2 cm³/mol. The van der Waals surface area contributed by atoms with Crippen LogP contribution in [-0.4, -0.2) is 39.5 Å². The first kappa shape index (κ1) is 16.7. The molecule has 0 bridgehead atoms. The van der Waals surface area contributed by atoms with Crippen molar-refractivity contribution in [2.24, 2.45) is 0 Å². The number of methoxy groups -OCH3 is 1. The summed E-state index contributed by atoms with van der Waals surface area (Å²) in [7, 11) is -1.58. The normalized spacial score (nSPS) is 11.3. The third-order valence-corrected chi connectivity index (χ3v) is 4.73. The van der Waals surface area contributed by atoms with Crippen LogP contribution in [0.4, 0.5) is 0 Å². The third kappa shape index (κ3) is 5.71. The van der Waals surface area contributed by atoms with Gasteiger partial charge in [0.2, 0.25) is 0 Å². The maximum absolute atomic E-state index is 11.4. The second-order valence-electron chi connectivity index (χ2n) is 4.43. The summed E-state index contributed by atoms with van der Waals surface area (Å²) in [6.45, 7) is 2.58. The van der Waals surface area contributed by atoms with Crippen LogP contribution in [0, 0.1) is 0 Å². The number of hydrogen-bond donors (Lipinski definition) is 1. The number of benzene rings is 1. The summed E-state index contributed by atoms with van der Waals surface area (Å²) in [5.74, 6) is 0.00187. The van der Waals surface area contributed by atoms with E-state index in [1.807, 2.05) is 24.3 Å². The molecule has 0 aliphatic heterocycles. The Morgan fingerprint density at radius 1 is 1.25 bits per heavy atom. The van der Waals surface area contributed by atoms with Gasteiger partial charge in [-0.3, -0.25) is 4.79 Å². The van der Waals surface area contributed by atoms with Gasteiger partial charge in [-0.05, 0) is 11.1 Å². The van der Waals surface area contributed by atoms with Gasteiger partial charge in [-0.25, -0.2) is 8.42 Å². The lowest BCUT2D eigenvalue weighted by atomic mass is 10.0. The van der Waals surface area contributed by atoms with Crippen molar-refractivity contribution in [2.75, 3.05) is 25.2 Å². The van der Waals surface area contributed by atoms with Gasteiger partial charge in [-0.15, -0.1) is 0 Å². The summed E-state index contributed by atoms with van der Waals surface area (Å²) in [4.78, 5) is 11.3.